The van der Waals surface area contributed by atoms with Gasteiger partial charge in [0.05, 0.1) is 11.7 Å². The van der Waals surface area contributed by atoms with Crippen LogP contribution in [-0.2, 0) is 16.1 Å². The van der Waals surface area contributed by atoms with Gasteiger partial charge in [-0.25, -0.2) is 0 Å². The Morgan fingerprint density at radius 3 is 2.77 bits per heavy atom. The maximum absolute atomic E-state index is 11.8. The number of anilines is 1. The van der Waals surface area contributed by atoms with Crippen LogP contribution in [0.1, 0.15) is 5.56 Å². The third-order valence-electron chi connectivity index (χ3n) is 2.89. The molecule has 8 heteroatoms. The molecular formula is C14H11N5O2S. The van der Waals surface area contributed by atoms with Crippen LogP contribution in [0.2, 0.25) is 0 Å². The number of carbonyl (C=O) groups is 2. The summed E-state index contributed by atoms with van der Waals surface area (Å²) in [5.41, 5.74) is 2.75. The molecule has 3 rings (SSSR count). The Labute approximate surface area is 129 Å². The second-order valence-corrected chi connectivity index (χ2v) is 4.99. The number of nitrogens with zero attached hydrogens (tertiary/aromatic N) is 3. The van der Waals surface area contributed by atoms with Crippen LogP contribution in [0.15, 0.2) is 42.7 Å². The largest absolute Gasteiger partial charge is 0.344 e. The summed E-state index contributed by atoms with van der Waals surface area (Å²) in [5, 5.41) is 5.06. The van der Waals surface area contributed by atoms with Crippen LogP contribution in [0.5, 0.6) is 0 Å². The van der Waals surface area contributed by atoms with Gasteiger partial charge in [-0.2, -0.15) is 8.75 Å². The van der Waals surface area contributed by atoms with Gasteiger partial charge in [0.2, 0.25) is 0 Å². The highest BCUT2D eigenvalue weighted by Crippen LogP contribution is 2.16. The highest BCUT2D eigenvalue weighted by Gasteiger charge is 2.13. The minimum atomic E-state index is -0.730. The predicted octanol–water partition coefficient (Wildman–Crippen LogP) is 1.34. The molecule has 7 nitrogen and oxygen atoms in total. The van der Waals surface area contributed by atoms with Crippen LogP contribution in [0.25, 0.3) is 11.0 Å². The molecule has 0 aliphatic heterocycles. The van der Waals surface area contributed by atoms with Gasteiger partial charge in [-0.15, -0.1) is 0 Å². The van der Waals surface area contributed by atoms with Crippen LogP contribution in [0, 0.1) is 0 Å². The van der Waals surface area contributed by atoms with E-state index in [4.69, 9.17) is 0 Å². The molecule has 110 valence electrons. The van der Waals surface area contributed by atoms with Crippen molar-refractivity contribution in [1.29, 1.82) is 0 Å². The van der Waals surface area contributed by atoms with Gasteiger partial charge in [0.15, 0.2) is 0 Å². The molecule has 0 radical (unpaired) electrons. The Bertz CT molecular complexity index is 818. The summed E-state index contributed by atoms with van der Waals surface area (Å²) < 4.78 is 8.15. The summed E-state index contributed by atoms with van der Waals surface area (Å²) in [6, 6.07) is 8.66. The molecule has 0 atom stereocenters. The number of hydrogen-bond acceptors (Lipinski definition) is 6. The van der Waals surface area contributed by atoms with Crippen molar-refractivity contribution in [1.82, 2.24) is 19.0 Å². The van der Waals surface area contributed by atoms with Crippen molar-refractivity contribution in [3.8, 4) is 0 Å². The summed E-state index contributed by atoms with van der Waals surface area (Å²) in [6.07, 6.45) is 3.27. The van der Waals surface area contributed by atoms with E-state index in [1.165, 1.54) is 0 Å². The lowest BCUT2D eigenvalue weighted by Gasteiger charge is -2.06. The van der Waals surface area contributed by atoms with E-state index in [0.717, 1.165) is 22.8 Å². The summed E-state index contributed by atoms with van der Waals surface area (Å²) in [5.74, 6) is -1.44. The van der Waals surface area contributed by atoms with Gasteiger partial charge < -0.3 is 10.6 Å². The van der Waals surface area contributed by atoms with E-state index < -0.39 is 11.8 Å². The average molecular weight is 313 g/mol. The number of rotatable bonds is 3. The normalized spacial score (nSPS) is 10.4. The summed E-state index contributed by atoms with van der Waals surface area (Å²) in [6.45, 7) is 0.245. The zero-order chi connectivity index (χ0) is 15.4. The van der Waals surface area contributed by atoms with Crippen molar-refractivity contribution < 1.29 is 9.59 Å². The molecule has 1 aromatic carbocycles. The van der Waals surface area contributed by atoms with Crippen molar-refractivity contribution in [2.45, 2.75) is 6.54 Å². The summed E-state index contributed by atoms with van der Waals surface area (Å²) in [4.78, 5) is 27.5. The summed E-state index contributed by atoms with van der Waals surface area (Å²) in [7, 11) is 0. The van der Waals surface area contributed by atoms with Gasteiger partial charge >= 0.3 is 11.8 Å². The molecule has 2 amide bonds. The maximum atomic E-state index is 11.8. The molecule has 0 spiro atoms. The standard InChI is InChI=1S/C14H11N5O2S/c20-13(16-8-9-2-1-5-15-7-9)14(21)17-10-3-4-11-12(6-10)19-22-18-11/h1-7H,8H2,(H,16,20)(H,17,21). The Morgan fingerprint density at radius 1 is 1.09 bits per heavy atom. The molecule has 0 aliphatic carbocycles. The molecule has 0 fully saturated rings. The fourth-order valence-electron chi connectivity index (χ4n) is 1.81. The van der Waals surface area contributed by atoms with Crippen LogP contribution in [0.3, 0.4) is 0 Å². The third kappa shape index (κ3) is 3.23. The van der Waals surface area contributed by atoms with Crippen LogP contribution in [0.4, 0.5) is 5.69 Å². The first-order valence-electron chi connectivity index (χ1n) is 6.43. The Morgan fingerprint density at radius 2 is 1.95 bits per heavy atom. The van der Waals surface area contributed by atoms with Crippen LogP contribution >= 0.6 is 11.7 Å². The Kier molecular flexibility index (Phi) is 4.01. The maximum Gasteiger partial charge on any atom is 0.313 e. The molecule has 2 aromatic heterocycles. The lowest BCUT2D eigenvalue weighted by molar-refractivity contribution is -0.136. The van der Waals surface area contributed by atoms with E-state index in [-0.39, 0.29) is 6.54 Å². The zero-order valence-corrected chi connectivity index (χ0v) is 12.1. The first-order valence-corrected chi connectivity index (χ1v) is 7.16. The van der Waals surface area contributed by atoms with E-state index in [0.29, 0.717) is 11.2 Å². The van der Waals surface area contributed by atoms with Gasteiger partial charge in [0, 0.05) is 24.6 Å². The lowest BCUT2D eigenvalue weighted by Crippen LogP contribution is -2.34. The van der Waals surface area contributed by atoms with E-state index in [1.54, 1.807) is 36.7 Å². The molecule has 0 unspecified atom stereocenters. The third-order valence-corrected chi connectivity index (χ3v) is 3.45. The Balaban J connectivity index is 1.59. The number of carbonyl (C=O) groups excluding carboxylic acids is 2. The van der Waals surface area contributed by atoms with E-state index in [1.807, 2.05) is 6.07 Å². The number of fused-ring (bicyclic) bond motifs is 1. The van der Waals surface area contributed by atoms with Gasteiger partial charge in [0.25, 0.3) is 0 Å². The number of benzene rings is 1. The second-order valence-electron chi connectivity index (χ2n) is 4.47. The first kappa shape index (κ1) is 14.1. The van der Waals surface area contributed by atoms with Crippen molar-refractivity contribution in [3.05, 3.63) is 48.3 Å². The first-order chi connectivity index (χ1) is 10.7. The molecule has 0 bridgehead atoms. The number of pyridine rings is 1. The highest BCUT2D eigenvalue weighted by molar-refractivity contribution is 7.00. The number of amides is 2. The monoisotopic (exact) mass is 313 g/mol. The van der Waals surface area contributed by atoms with Gasteiger partial charge in [-0.05, 0) is 29.8 Å². The smallest absolute Gasteiger partial charge is 0.313 e. The van der Waals surface area contributed by atoms with E-state index >= 15 is 0 Å². The molecule has 2 N–H and O–H groups in total. The van der Waals surface area contributed by atoms with Crippen molar-refractivity contribution in [3.63, 3.8) is 0 Å². The Hall–Kier alpha value is -2.87. The number of aromatic nitrogens is 3. The van der Waals surface area contributed by atoms with Gasteiger partial charge in [-0.1, -0.05) is 6.07 Å². The van der Waals surface area contributed by atoms with E-state index in [2.05, 4.69) is 24.4 Å². The van der Waals surface area contributed by atoms with E-state index in [9.17, 15) is 9.59 Å². The van der Waals surface area contributed by atoms with Crippen molar-refractivity contribution >= 4 is 40.3 Å². The predicted molar refractivity (Wildman–Crippen MR) is 82.1 cm³/mol. The molecule has 2 heterocycles. The molecule has 0 aliphatic rings. The fourth-order valence-corrected chi connectivity index (χ4v) is 2.33. The highest BCUT2D eigenvalue weighted by atomic mass is 32.1. The van der Waals surface area contributed by atoms with Crippen molar-refractivity contribution in [2.75, 3.05) is 5.32 Å². The molecular weight excluding hydrogens is 302 g/mol. The minimum Gasteiger partial charge on any atom is -0.344 e. The zero-order valence-electron chi connectivity index (χ0n) is 11.3. The summed E-state index contributed by atoms with van der Waals surface area (Å²) >= 11 is 1.09. The van der Waals surface area contributed by atoms with Crippen LogP contribution in [-0.4, -0.2) is 25.5 Å². The quantitative estimate of drug-likeness (QED) is 0.711. The number of hydrogen-bond donors (Lipinski definition) is 2. The van der Waals surface area contributed by atoms with Gasteiger partial charge in [0.1, 0.15) is 11.0 Å². The number of nitrogens with one attached hydrogen (secondary N) is 2. The SMILES string of the molecule is O=C(NCc1cccnc1)C(=O)Nc1ccc2nsnc2c1. The second kappa shape index (κ2) is 6.27. The average Bonchev–Trinajstić information content (AvgIpc) is 3.01. The minimum absolute atomic E-state index is 0.245. The topological polar surface area (TPSA) is 96.9 Å². The van der Waals surface area contributed by atoms with Crippen molar-refractivity contribution in [2.24, 2.45) is 0 Å². The molecule has 0 saturated carbocycles. The lowest BCUT2D eigenvalue weighted by atomic mass is 10.2. The molecule has 22 heavy (non-hydrogen) atoms. The molecule has 0 saturated heterocycles. The molecule has 3 aromatic rings. The van der Waals surface area contributed by atoms with Gasteiger partial charge in [-0.3, -0.25) is 14.6 Å². The van der Waals surface area contributed by atoms with Crippen LogP contribution < -0.4 is 10.6 Å². The fraction of sp³-hybridized carbons (Fsp3) is 0.0714.